The molecule has 20 heavy (non-hydrogen) atoms. The molecule has 5 heteroatoms. The van der Waals surface area contributed by atoms with Gasteiger partial charge in [-0.2, -0.15) is 5.26 Å². The third kappa shape index (κ3) is 4.09. The summed E-state index contributed by atoms with van der Waals surface area (Å²) in [6.07, 6.45) is 0.0359. The molecule has 0 unspecified atom stereocenters. The maximum atomic E-state index is 11.8. The van der Waals surface area contributed by atoms with Crippen LogP contribution in [-0.4, -0.2) is 24.5 Å². The van der Waals surface area contributed by atoms with Crippen LogP contribution in [0.1, 0.15) is 32.3 Å². The van der Waals surface area contributed by atoms with Crippen LogP contribution in [0, 0.1) is 11.3 Å². The monoisotopic (exact) mass is 275 g/mol. The molecular weight excluding hydrogens is 258 g/mol. The molecule has 0 aliphatic carbocycles. The van der Waals surface area contributed by atoms with E-state index >= 15 is 0 Å². The number of nitriles is 1. The van der Waals surface area contributed by atoms with Crippen LogP contribution in [0.15, 0.2) is 24.3 Å². The molecule has 1 rings (SSSR count). The van der Waals surface area contributed by atoms with Crippen molar-refractivity contribution in [3.05, 3.63) is 29.8 Å². The van der Waals surface area contributed by atoms with Gasteiger partial charge in [0.1, 0.15) is 11.7 Å². The zero-order chi connectivity index (χ0) is 15.1. The summed E-state index contributed by atoms with van der Waals surface area (Å²) in [5.74, 6) is -2.35. The van der Waals surface area contributed by atoms with Gasteiger partial charge in [-0.3, -0.25) is 4.79 Å². The summed E-state index contributed by atoms with van der Waals surface area (Å²) in [7, 11) is 0. The van der Waals surface area contributed by atoms with Crippen LogP contribution in [0.3, 0.4) is 0 Å². The lowest BCUT2D eigenvalue weighted by atomic mass is 9.96. The van der Waals surface area contributed by atoms with E-state index in [2.05, 4.69) is 4.74 Å². The molecule has 0 amide bonds. The maximum Gasteiger partial charge on any atom is 0.376 e. The second-order valence-electron chi connectivity index (χ2n) is 4.38. The Balaban J connectivity index is 2.88. The standard InChI is InChI=1S/C15H17NO4/c1-4-19-15(18)14(17)13(9-16)11-5-7-12(8-6-11)20-10(2)3/h5-8,10,13H,4H2,1-3H3/t13-/m0/s1. The molecule has 0 spiro atoms. The van der Waals surface area contributed by atoms with Crippen LogP contribution in [0.25, 0.3) is 0 Å². The summed E-state index contributed by atoms with van der Waals surface area (Å²) in [5.41, 5.74) is 0.446. The predicted octanol–water partition coefficient (Wildman–Crippen LogP) is 2.21. The molecule has 0 heterocycles. The molecule has 5 nitrogen and oxygen atoms in total. The lowest BCUT2D eigenvalue weighted by Crippen LogP contribution is -2.23. The molecule has 0 fully saturated rings. The normalized spacial score (nSPS) is 11.6. The number of nitrogens with zero attached hydrogens (tertiary/aromatic N) is 1. The van der Waals surface area contributed by atoms with Crippen molar-refractivity contribution in [2.75, 3.05) is 6.61 Å². The van der Waals surface area contributed by atoms with Gasteiger partial charge >= 0.3 is 5.97 Å². The van der Waals surface area contributed by atoms with Gasteiger partial charge in [-0.05, 0) is 38.5 Å². The smallest absolute Gasteiger partial charge is 0.376 e. The minimum Gasteiger partial charge on any atom is -0.491 e. The molecule has 0 radical (unpaired) electrons. The SMILES string of the molecule is CCOC(=O)C(=O)[C@@H](C#N)c1ccc(OC(C)C)cc1. The first-order valence-corrected chi connectivity index (χ1v) is 6.36. The van der Waals surface area contributed by atoms with Crippen LogP contribution < -0.4 is 4.74 Å². The van der Waals surface area contributed by atoms with Crippen molar-refractivity contribution in [3.63, 3.8) is 0 Å². The van der Waals surface area contributed by atoms with Gasteiger partial charge in [0.05, 0.1) is 18.8 Å². The second kappa shape index (κ2) is 7.29. The molecule has 0 bridgehead atoms. The number of hydrogen-bond acceptors (Lipinski definition) is 5. The molecule has 0 aromatic heterocycles. The highest BCUT2D eigenvalue weighted by atomic mass is 16.5. The highest BCUT2D eigenvalue weighted by molar-refractivity contribution is 6.36. The van der Waals surface area contributed by atoms with E-state index in [9.17, 15) is 9.59 Å². The second-order valence-corrected chi connectivity index (χ2v) is 4.38. The summed E-state index contributed by atoms with van der Waals surface area (Å²) < 4.78 is 10.1. The van der Waals surface area contributed by atoms with Crippen molar-refractivity contribution in [2.45, 2.75) is 32.8 Å². The van der Waals surface area contributed by atoms with E-state index in [-0.39, 0.29) is 12.7 Å². The van der Waals surface area contributed by atoms with Crippen LogP contribution in [-0.2, 0) is 14.3 Å². The number of rotatable bonds is 6. The third-order valence-electron chi connectivity index (χ3n) is 2.45. The Morgan fingerprint density at radius 3 is 2.30 bits per heavy atom. The molecule has 1 atom stereocenters. The van der Waals surface area contributed by atoms with Crippen molar-refractivity contribution in [2.24, 2.45) is 0 Å². The molecule has 106 valence electrons. The highest BCUT2D eigenvalue weighted by Crippen LogP contribution is 2.21. The molecule has 0 aliphatic heterocycles. The quantitative estimate of drug-likeness (QED) is 0.587. The molecule has 1 aromatic carbocycles. The molecular formula is C15H17NO4. The van der Waals surface area contributed by atoms with Crippen LogP contribution >= 0.6 is 0 Å². The minimum absolute atomic E-state index is 0.0359. The van der Waals surface area contributed by atoms with Gasteiger partial charge in [-0.15, -0.1) is 0 Å². The van der Waals surface area contributed by atoms with E-state index in [4.69, 9.17) is 10.00 Å². The first-order chi connectivity index (χ1) is 9.49. The zero-order valence-corrected chi connectivity index (χ0v) is 11.8. The number of ketones is 1. The van der Waals surface area contributed by atoms with E-state index in [1.807, 2.05) is 19.9 Å². The first-order valence-electron chi connectivity index (χ1n) is 6.36. The third-order valence-corrected chi connectivity index (χ3v) is 2.45. The Kier molecular flexibility index (Phi) is 5.73. The van der Waals surface area contributed by atoms with E-state index in [1.54, 1.807) is 31.2 Å². The topological polar surface area (TPSA) is 76.4 Å². The average molecular weight is 275 g/mol. The summed E-state index contributed by atoms with van der Waals surface area (Å²) in [6, 6.07) is 8.36. The van der Waals surface area contributed by atoms with Gasteiger partial charge in [-0.1, -0.05) is 12.1 Å². The number of Topliss-reactive ketones (excluding diaryl/α,β-unsaturated/α-hetero) is 1. The predicted molar refractivity (Wildman–Crippen MR) is 72.2 cm³/mol. The molecule has 1 aromatic rings. The zero-order valence-electron chi connectivity index (χ0n) is 11.8. The summed E-state index contributed by atoms with van der Waals surface area (Å²) in [5, 5.41) is 9.07. The van der Waals surface area contributed by atoms with Crippen molar-refractivity contribution < 1.29 is 19.1 Å². The average Bonchev–Trinajstić information content (AvgIpc) is 2.41. The van der Waals surface area contributed by atoms with Gasteiger partial charge in [0, 0.05) is 0 Å². The summed E-state index contributed by atoms with van der Waals surface area (Å²) in [4.78, 5) is 23.2. The van der Waals surface area contributed by atoms with E-state index < -0.39 is 17.7 Å². The summed E-state index contributed by atoms with van der Waals surface area (Å²) >= 11 is 0. The number of hydrogen-bond donors (Lipinski definition) is 0. The van der Waals surface area contributed by atoms with Crippen molar-refractivity contribution in [1.29, 1.82) is 5.26 Å². The number of esters is 1. The summed E-state index contributed by atoms with van der Waals surface area (Å²) in [6.45, 7) is 5.50. The molecule has 0 saturated carbocycles. The minimum atomic E-state index is -1.15. The highest BCUT2D eigenvalue weighted by Gasteiger charge is 2.27. The number of ether oxygens (including phenoxy) is 2. The van der Waals surface area contributed by atoms with E-state index in [0.717, 1.165) is 0 Å². The number of carbonyl (C=O) groups excluding carboxylic acids is 2. The fourth-order valence-electron chi connectivity index (χ4n) is 1.62. The van der Waals surface area contributed by atoms with Crippen LogP contribution in [0.5, 0.6) is 5.75 Å². The van der Waals surface area contributed by atoms with Gasteiger partial charge in [0.25, 0.3) is 5.78 Å². The van der Waals surface area contributed by atoms with Crippen LogP contribution in [0.2, 0.25) is 0 Å². The van der Waals surface area contributed by atoms with Crippen molar-refractivity contribution in [1.82, 2.24) is 0 Å². The number of benzene rings is 1. The van der Waals surface area contributed by atoms with Gasteiger partial charge in [-0.25, -0.2) is 4.79 Å². The van der Waals surface area contributed by atoms with E-state index in [0.29, 0.717) is 11.3 Å². The van der Waals surface area contributed by atoms with Gasteiger partial charge < -0.3 is 9.47 Å². The largest absolute Gasteiger partial charge is 0.491 e. The fraction of sp³-hybridized carbons (Fsp3) is 0.400. The molecule has 0 N–H and O–H groups in total. The first kappa shape index (κ1) is 15.7. The fourth-order valence-corrected chi connectivity index (χ4v) is 1.62. The van der Waals surface area contributed by atoms with Crippen LogP contribution in [0.4, 0.5) is 0 Å². The van der Waals surface area contributed by atoms with Crippen molar-refractivity contribution >= 4 is 11.8 Å². The Morgan fingerprint density at radius 2 is 1.85 bits per heavy atom. The Morgan fingerprint density at radius 1 is 1.25 bits per heavy atom. The van der Waals surface area contributed by atoms with Crippen molar-refractivity contribution in [3.8, 4) is 11.8 Å². The van der Waals surface area contributed by atoms with Gasteiger partial charge in [0.15, 0.2) is 0 Å². The lowest BCUT2D eigenvalue weighted by molar-refractivity contribution is -0.153. The van der Waals surface area contributed by atoms with E-state index in [1.165, 1.54) is 0 Å². The Hall–Kier alpha value is -2.35. The number of carbonyl (C=O) groups is 2. The van der Waals surface area contributed by atoms with Gasteiger partial charge in [0.2, 0.25) is 0 Å². The lowest BCUT2D eigenvalue weighted by Gasteiger charge is -2.11. The Bertz CT molecular complexity index is 514. The maximum absolute atomic E-state index is 11.8. The molecule has 0 saturated heterocycles. The Labute approximate surface area is 118 Å². The molecule has 0 aliphatic rings.